The van der Waals surface area contributed by atoms with Gasteiger partial charge in [-0.2, -0.15) is 5.10 Å². The fourth-order valence-corrected chi connectivity index (χ4v) is 2.44. The molecule has 6 nitrogen and oxygen atoms in total. The Kier molecular flexibility index (Phi) is 7.95. The Morgan fingerprint density at radius 3 is 2.73 bits per heavy atom. The second-order valence-corrected chi connectivity index (χ2v) is 5.88. The van der Waals surface area contributed by atoms with Crippen molar-refractivity contribution in [3.63, 3.8) is 0 Å². The van der Waals surface area contributed by atoms with E-state index in [-0.39, 0.29) is 0 Å². The van der Waals surface area contributed by atoms with Crippen molar-refractivity contribution in [3.8, 4) is 0 Å². The summed E-state index contributed by atoms with van der Waals surface area (Å²) in [4.78, 5) is 6.44. The Morgan fingerprint density at radius 2 is 2.23 bits per heavy atom. The lowest BCUT2D eigenvalue weighted by Crippen LogP contribution is -2.40. The Balaban J connectivity index is 2.44. The lowest BCUT2D eigenvalue weighted by molar-refractivity contribution is 0.0257. The first-order valence-corrected chi connectivity index (χ1v) is 7.98. The van der Waals surface area contributed by atoms with E-state index in [9.17, 15) is 0 Å². The average Bonchev–Trinajstić information content (AvgIpc) is 2.87. The number of hydrogen-bond donors (Lipinski definition) is 1. The first-order chi connectivity index (χ1) is 10.5. The number of rotatable bonds is 8. The summed E-state index contributed by atoms with van der Waals surface area (Å²) in [5.41, 5.74) is 1.17. The highest BCUT2D eigenvalue weighted by Crippen LogP contribution is 2.10. The molecule has 0 aliphatic carbocycles. The summed E-state index contributed by atoms with van der Waals surface area (Å²) in [5, 5.41) is 7.60. The molecule has 1 heterocycles. The molecule has 0 aromatic carbocycles. The number of nitrogens with one attached hydrogen (secondary N) is 1. The van der Waals surface area contributed by atoms with Gasteiger partial charge in [-0.1, -0.05) is 13.8 Å². The maximum Gasteiger partial charge on any atom is 0.193 e. The Labute approximate surface area is 134 Å². The Morgan fingerprint density at radius 1 is 1.50 bits per heavy atom. The number of aromatic nitrogens is 2. The van der Waals surface area contributed by atoms with Gasteiger partial charge in [-0.05, 0) is 19.3 Å². The summed E-state index contributed by atoms with van der Waals surface area (Å²) in [6.45, 7) is 8.84. The number of ether oxygens (including phenoxy) is 1. The highest BCUT2D eigenvalue weighted by Gasteiger charge is 2.14. The van der Waals surface area contributed by atoms with E-state index >= 15 is 0 Å². The fraction of sp³-hybridized carbons (Fsp3) is 0.750. The van der Waals surface area contributed by atoms with Gasteiger partial charge in [0.2, 0.25) is 0 Å². The molecular weight excluding hydrogens is 278 g/mol. The molecule has 0 fully saturated rings. The zero-order valence-electron chi connectivity index (χ0n) is 14.8. The third-order valence-electron chi connectivity index (χ3n) is 3.59. The van der Waals surface area contributed by atoms with E-state index in [4.69, 9.17) is 4.74 Å². The minimum Gasteiger partial charge on any atom is -0.378 e. The van der Waals surface area contributed by atoms with Gasteiger partial charge in [-0.3, -0.25) is 9.67 Å². The van der Waals surface area contributed by atoms with Crippen LogP contribution >= 0.6 is 0 Å². The molecule has 0 bridgehead atoms. The molecule has 1 aromatic heterocycles. The monoisotopic (exact) mass is 309 g/mol. The van der Waals surface area contributed by atoms with Crippen LogP contribution in [0, 0.1) is 5.92 Å². The zero-order chi connectivity index (χ0) is 16.5. The van der Waals surface area contributed by atoms with Crippen molar-refractivity contribution in [2.75, 3.05) is 27.2 Å². The number of guanidine groups is 1. The molecule has 1 aromatic rings. The maximum atomic E-state index is 5.77. The topological polar surface area (TPSA) is 54.7 Å². The Hall–Kier alpha value is -1.56. The summed E-state index contributed by atoms with van der Waals surface area (Å²) in [7, 11) is 5.77. The van der Waals surface area contributed by atoms with E-state index in [1.165, 1.54) is 5.56 Å². The normalized spacial score (nSPS) is 13.5. The highest BCUT2D eigenvalue weighted by atomic mass is 16.5. The van der Waals surface area contributed by atoms with Crippen molar-refractivity contribution in [2.45, 2.75) is 39.8 Å². The summed E-state index contributed by atoms with van der Waals surface area (Å²) < 4.78 is 7.59. The molecule has 0 aliphatic rings. The van der Waals surface area contributed by atoms with Gasteiger partial charge in [-0.15, -0.1) is 0 Å². The lowest BCUT2D eigenvalue weighted by Gasteiger charge is -2.24. The van der Waals surface area contributed by atoms with Gasteiger partial charge in [0.15, 0.2) is 5.96 Å². The third-order valence-corrected chi connectivity index (χ3v) is 3.59. The van der Waals surface area contributed by atoms with Gasteiger partial charge in [0.1, 0.15) is 0 Å². The third kappa shape index (κ3) is 6.05. The second-order valence-electron chi connectivity index (χ2n) is 5.88. The first-order valence-electron chi connectivity index (χ1n) is 7.98. The SMILES string of the molecule is CCOC(CCNC(=NC)N(C)Cc1cnn(C)c1)C(C)C. The van der Waals surface area contributed by atoms with Gasteiger partial charge in [-0.25, -0.2) is 0 Å². The molecule has 0 spiro atoms. The van der Waals surface area contributed by atoms with Crippen LogP contribution in [-0.2, 0) is 18.3 Å². The predicted octanol–water partition coefficient (Wildman–Crippen LogP) is 1.88. The number of aryl methyl sites for hydroxylation is 1. The zero-order valence-corrected chi connectivity index (χ0v) is 14.8. The minimum absolute atomic E-state index is 0.291. The van der Waals surface area contributed by atoms with Crippen LogP contribution in [0.3, 0.4) is 0 Å². The molecule has 0 radical (unpaired) electrons. The van der Waals surface area contributed by atoms with Crippen LogP contribution in [0.2, 0.25) is 0 Å². The van der Waals surface area contributed by atoms with Gasteiger partial charge < -0.3 is 15.0 Å². The molecule has 0 saturated heterocycles. The van der Waals surface area contributed by atoms with E-state index in [2.05, 4.69) is 34.2 Å². The second kappa shape index (κ2) is 9.46. The standard InChI is InChI=1S/C16H31N5O/c1-7-22-15(13(2)3)8-9-18-16(17-4)20(5)11-14-10-19-21(6)12-14/h10,12-13,15H,7-9,11H2,1-6H3,(H,17,18). The number of aliphatic imine (C=N–C) groups is 1. The molecule has 0 aliphatic heterocycles. The van der Waals surface area contributed by atoms with Crippen molar-refractivity contribution in [1.29, 1.82) is 0 Å². The quantitative estimate of drug-likeness (QED) is 0.588. The van der Waals surface area contributed by atoms with Gasteiger partial charge in [0, 0.05) is 52.6 Å². The van der Waals surface area contributed by atoms with Gasteiger partial charge in [0.25, 0.3) is 0 Å². The van der Waals surface area contributed by atoms with Crippen molar-refractivity contribution >= 4 is 5.96 Å². The summed E-state index contributed by atoms with van der Waals surface area (Å²) in [6, 6.07) is 0. The molecule has 1 rings (SSSR count). The molecule has 1 atom stereocenters. The maximum absolute atomic E-state index is 5.77. The molecule has 6 heteroatoms. The van der Waals surface area contributed by atoms with Crippen LogP contribution in [0.1, 0.15) is 32.8 Å². The minimum atomic E-state index is 0.291. The van der Waals surface area contributed by atoms with Crippen molar-refractivity contribution in [2.24, 2.45) is 18.0 Å². The van der Waals surface area contributed by atoms with Crippen molar-refractivity contribution in [3.05, 3.63) is 18.0 Å². The molecule has 22 heavy (non-hydrogen) atoms. The van der Waals surface area contributed by atoms with Crippen LogP contribution in [0.15, 0.2) is 17.4 Å². The molecule has 0 amide bonds. The summed E-state index contributed by atoms with van der Waals surface area (Å²) in [5.74, 6) is 1.42. The molecular formula is C16H31N5O. The van der Waals surface area contributed by atoms with Crippen LogP contribution < -0.4 is 5.32 Å². The average molecular weight is 309 g/mol. The number of hydrogen-bond acceptors (Lipinski definition) is 3. The van der Waals surface area contributed by atoms with Crippen molar-refractivity contribution in [1.82, 2.24) is 20.0 Å². The predicted molar refractivity (Wildman–Crippen MR) is 90.9 cm³/mol. The van der Waals surface area contributed by atoms with Crippen LogP contribution in [-0.4, -0.2) is 54.0 Å². The van der Waals surface area contributed by atoms with E-state index in [0.717, 1.165) is 32.1 Å². The Bertz CT molecular complexity index is 455. The number of nitrogens with zero attached hydrogens (tertiary/aromatic N) is 4. The van der Waals surface area contributed by atoms with Crippen molar-refractivity contribution < 1.29 is 4.74 Å². The fourth-order valence-electron chi connectivity index (χ4n) is 2.44. The molecule has 1 N–H and O–H groups in total. The van der Waals surface area contributed by atoms with Crippen LogP contribution in [0.25, 0.3) is 0 Å². The summed E-state index contributed by atoms with van der Waals surface area (Å²) in [6.07, 6.45) is 5.17. The molecule has 1 unspecified atom stereocenters. The highest BCUT2D eigenvalue weighted by molar-refractivity contribution is 5.79. The first kappa shape index (κ1) is 18.5. The van der Waals surface area contributed by atoms with E-state index in [1.54, 1.807) is 0 Å². The lowest BCUT2D eigenvalue weighted by atomic mass is 10.0. The van der Waals surface area contributed by atoms with E-state index < -0.39 is 0 Å². The molecule has 126 valence electrons. The van der Waals surface area contributed by atoms with Crippen LogP contribution in [0.5, 0.6) is 0 Å². The smallest absolute Gasteiger partial charge is 0.193 e. The molecule has 0 saturated carbocycles. The summed E-state index contributed by atoms with van der Waals surface area (Å²) >= 11 is 0. The van der Waals surface area contributed by atoms with Gasteiger partial charge >= 0.3 is 0 Å². The van der Waals surface area contributed by atoms with Crippen LogP contribution in [0.4, 0.5) is 0 Å². The van der Waals surface area contributed by atoms with Gasteiger partial charge in [0.05, 0.1) is 12.3 Å². The van der Waals surface area contributed by atoms with E-state index in [1.807, 2.05) is 45.1 Å². The largest absolute Gasteiger partial charge is 0.378 e. The van der Waals surface area contributed by atoms with E-state index in [0.29, 0.717) is 12.0 Å².